The van der Waals surface area contributed by atoms with Gasteiger partial charge >= 0.3 is 0 Å². The second kappa shape index (κ2) is 11.4. The van der Waals surface area contributed by atoms with Crippen molar-refractivity contribution in [2.24, 2.45) is 10.9 Å². The molecule has 2 aromatic rings. The minimum atomic E-state index is -0.0743. The zero-order chi connectivity index (χ0) is 22.9. The Balaban J connectivity index is 1.51. The number of nitrogens with zero attached hydrogens (tertiary/aromatic N) is 2. The molecule has 1 aliphatic rings. The predicted molar refractivity (Wildman–Crippen MR) is 127 cm³/mol. The van der Waals surface area contributed by atoms with Gasteiger partial charge < -0.3 is 25.0 Å². The second-order valence-corrected chi connectivity index (χ2v) is 8.37. The molecule has 1 saturated carbocycles. The van der Waals surface area contributed by atoms with Crippen LogP contribution in [0.15, 0.2) is 47.5 Å². The fourth-order valence-electron chi connectivity index (χ4n) is 3.04. The lowest BCUT2D eigenvalue weighted by molar-refractivity contribution is -0.130. The Labute approximate surface area is 190 Å². The van der Waals surface area contributed by atoms with Crippen LogP contribution in [-0.4, -0.2) is 51.1 Å². The number of rotatable bonds is 10. The van der Waals surface area contributed by atoms with E-state index in [2.05, 4.69) is 40.7 Å². The van der Waals surface area contributed by atoms with E-state index in [4.69, 9.17) is 9.47 Å². The number of aryl methyl sites for hydroxylation is 1. The minimum absolute atomic E-state index is 0.0226. The van der Waals surface area contributed by atoms with Crippen molar-refractivity contribution in [2.45, 2.75) is 32.9 Å². The molecule has 0 atom stereocenters. The van der Waals surface area contributed by atoms with Gasteiger partial charge in [0, 0.05) is 39.8 Å². The van der Waals surface area contributed by atoms with E-state index in [0.717, 1.165) is 23.5 Å². The van der Waals surface area contributed by atoms with Crippen LogP contribution < -0.4 is 20.1 Å². The van der Waals surface area contributed by atoms with Crippen molar-refractivity contribution >= 4 is 11.9 Å². The summed E-state index contributed by atoms with van der Waals surface area (Å²) in [4.78, 5) is 17.6. The van der Waals surface area contributed by atoms with Crippen molar-refractivity contribution in [1.82, 2.24) is 15.5 Å². The Hall–Kier alpha value is -3.22. The van der Waals surface area contributed by atoms with Crippen LogP contribution in [0.5, 0.6) is 11.5 Å². The van der Waals surface area contributed by atoms with E-state index in [1.54, 1.807) is 21.1 Å². The molecule has 7 nitrogen and oxygen atoms in total. The van der Waals surface area contributed by atoms with Crippen molar-refractivity contribution in [3.05, 3.63) is 59.2 Å². The van der Waals surface area contributed by atoms with E-state index < -0.39 is 0 Å². The fraction of sp³-hybridized carbons (Fsp3) is 0.440. The third-order valence-corrected chi connectivity index (χ3v) is 5.28. The quantitative estimate of drug-likeness (QED) is 0.440. The normalized spacial score (nSPS) is 13.4. The molecule has 1 amide bonds. The third kappa shape index (κ3) is 7.48. The maximum Gasteiger partial charge on any atom is 0.259 e. The molecule has 0 spiro atoms. The molecule has 0 heterocycles. The van der Waals surface area contributed by atoms with E-state index in [0.29, 0.717) is 30.7 Å². The summed E-state index contributed by atoms with van der Waals surface area (Å²) < 4.78 is 11.7. The van der Waals surface area contributed by atoms with Gasteiger partial charge in [0.2, 0.25) is 0 Å². The summed E-state index contributed by atoms with van der Waals surface area (Å²) in [6, 6.07) is 14.0. The highest BCUT2D eigenvalue weighted by Gasteiger charge is 2.22. The van der Waals surface area contributed by atoms with Crippen molar-refractivity contribution in [2.75, 3.05) is 34.4 Å². The van der Waals surface area contributed by atoms with Crippen LogP contribution >= 0.6 is 0 Å². The van der Waals surface area contributed by atoms with Crippen molar-refractivity contribution in [1.29, 1.82) is 0 Å². The molecule has 0 saturated heterocycles. The van der Waals surface area contributed by atoms with E-state index in [-0.39, 0.29) is 12.5 Å². The number of carbonyl (C=O) groups excluding carboxylic acids is 1. The van der Waals surface area contributed by atoms with Crippen molar-refractivity contribution in [3.63, 3.8) is 0 Å². The number of guanidine groups is 1. The lowest BCUT2D eigenvalue weighted by atomic mass is 10.1. The van der Waals surface area contributed by atoms with Gasteiger partial charge in [0.05, 0.1) is 6.61 Å². The van der Waals surface area contributed by atoms with E-state index >= 15 is 0 Å². The third-order valence-electron chi connectivity index (χ3n) is 5.28. The Morgan fingerprint density at radius 2 is 1.88 bits per heavy atom. The van der Waals surface area contributed by atoms with Crippen LogP contribution in [0.3, 0.4) is 0 Å². The molecular formula is C25H34N4O3. The Morgan fingerprint density at radius 1 is 1.09 bits per heavy atom. The molecule has 3 rings (SSSR count). The molecule has 7 heteroatoms. The molecule has 0 bridgehead atoms. The number of aliphatic imine (C=N–C) groups is 1. The van der Waals surface area contributed by atoms with Gasteiger partial charge in [0.1, 0.15) is 11.5 Å². The van der Waals surface area contributed by atoms with Crippen LogP contribution in [0.1, 0.15) is 29.5 Å². The van der Waals surface area contributed by atoms with Crippen LogP contribution in [0.4, 0.5) is 0 Å². The van der Waals surface area contributed by atoms with E-state index in [9.17, 15) is 4.79 Å². The highest BCUT2D eigenvalue weighted by atomic mass is 16.5. The first-order valence-corrected chi connectivity index (χ1v) is 11.0. The van der Waals surface area contributed by atoms with Gasteiger partial charge in [-0.2, -0.15) is 0 Å². The molecule has 172 valence electrons. The molecule has 0 aliphatic heterocycles. The molecule has 0 unspecified atom stereocenters. The highest BCUT2D eigenvalue weighted by molar-refractivity contribution is 5.79. The predicted octanol–water partition coefficient (Wildman–Crippen LogP) is 3.12. The summed E-state index contributed by atoms with van der Waals surface area (Å²) in [7, 11) is 5.17. The maximum atomic E-state index is 11.7. The first-order chi connectivity index (χ1) is 15.4. The molecule has 1 aliphatic carbocycles. The highest BCUT2D eigenvalue weighted by Crippen LogP contribution is 2.30. The number of ether oxygens (including phenoxy) is 2. The minimum Gasteiger partial charge on any atom is -0.493 e. The largest absolute Gasteiger partial charge is 0.493 e. The summed E-state index contributed by atoms with van der Waals surface area (Å²) in [5.74, 6) is 2.95. The van der Waals surface area contributed by atoms with Crippen LogP contribution in [-0.2, 0) is 17.9 Å². The molecule has 0 radical (unpaired) electrons. The van der Waals surface area contributed by atoms with Crippen molar-refractivity contribution in [3.8, 4) is 11.5 Å². The summed E-state index contributed by atoms with van der Waals surface area (Å²) in [5, 5.41) is 6.69. The smallest absolute Gasteiger partial charge is 0.259 e. The number of benzene rings is 2. The number of hydrogen-bond acceptors (Lipinski definition) is 4. The lowest BCUT2D eigenvalue weighted by Gasteiger charge is -2.16. The average molecular weight is 439 g/mol. The van der Waals surface area contributed by atoms with Crippen molar-refractivity contribution < 1.29 is 14.3 Å². The van der Waals surface area contributed by atoms with Gasteiger partial charge in [-0.05, 0) is 55.0 Å². The molecular weight excluding hydrogens is 404 g/mol. The molecule has 0 aromatic heterocycles. The van der Waals surface area contributed by atoms with E-state index in [1.165, 1.54) is 23.3 Å². The number of carbonyl (C=O) groups is 1. The maximum absolute atomic E-state index is 11.7. The monoisotopic (exact) mass is 438 g/mol. The standard InChI is InChI=1S/C25H34N4O3/c1-18-8-11-21(23(12-18)32-16-19-9-10-19)15-28-25(26-2)27-14-20-6-5-7-22(13-20)31-17-24(30)29(3)4/h5-8,11-13,19H,9-10,14-17H2,1-4H3,(H2,26,27,28). The van der Waals surface area contributed by atoms with Gasteiger partial charge in [-0.15, -0.1) is 0 Å². The lowest BCUT2D eigenvalue weighted by Crippen LogP contribution is -2.36. The number of hydrogen-bond donors (Lipinski definition) is 2. The first kappa shape index (κ1) is 23.4. The summed E-state index contributed by atoms with van der Waals surface area (Å²) in [6.07, 6.45) is 2.54. The summed E-state index contributed by atoms with van der Waals surface area (Å²) in [6.45, 7) is 4.10. The van der Waals surface area contributed by atoms with Gasteiger partial charge in [-0.3, -0.25) is 9.79 Å². The number of amides is 1. The van der Waals surface area contributed by atoms with Gasteiger partial charge in [0.25, 0.3) is 5.91 Å². The number of likely N-dealkylation sites (N-methyl/N-ethyl adjacent to an activating group) is 1. The fourth-order valence-corrected chi connectivity index (χ4v) is 3.04. The Kier molecular flexibility index (Phi) is 8.36. The zero-order valence-corrected chi connectivity index (χ0v) is 19.5. The molecule has 2 aromatic carbocycles. The van der Waals surface area contributed by atoms with Crippen LogP contribution in [0, 0.1) is 12.8 Å². The molecule has 2 N–H and O–H groups in total. The summed E-state index contributed by atoms with van der Waals surface area (Å²) in [5.41, 5.74) is 3.34. The van der Waals surface area contributed by atoms with Gasteiger partial charge in [-0.25, -0.2) is 0 Å². The average Bonchev–Trinajstić information content (AvgIpc) is 3.62. The second-order valence-electron chi connectivity index (χ2n) is 8.37. The van der Waals surface area contributed by atoms with Crippen LogP contribution in [0.25, 0.3) is 0 Å². The SMILES string of the molecule is CN=C(NCc1cccc(OCC(=O)N(C)C)c1)NCc1ccc(C)cc1OCC1CC1. The Morgan fingerprint density at radius 3 is 2.59 bits per heavy atom. The molecule has 32 heavy (non-hydrogen) atoms. The van der Waals surface area contributed by atoms with Gasteiger partial charge in [0.15, 0.2) is 12.6 Å². The zero-order valence-electron chi connectivity index (χ0n) is 19.5. The Bertz CT molecular complexity index is 939. The first-order valence-electron chi connectivity index (χ1n) is 11.0. The van der Waals surface area contributed by atoms with Gasteiger partial charge in [-0.1, -0.05) is 24.3 Å². The summed E-state index contributed by atoms with van der Waals surface area (Å²) >= 11 is 0. The number of nitrogens with one attached hydrogen (secondary N) is 2. The van der Waals surface area contributed by atoms with E-state index in [1.807, 2.05) is 24.3 Å². The topological polar surface area (TPSA) is 75.2 Å². The van der Waals surface area contributed by atoms with Crippen LogP contribution in [0.2, 0.25) is 0 Å². The molecule has 1 fully saturated rings.